The summed E-state index contributed by atoms with van der Waals surface area (Å²) in [5, 5.41) is 7.67. The van der Waals surface area contributed by atoms with E-state index >= 15 is 0 Å². The van der Waals surface area contributed by atoms with E-state index in [4.69, 9.17) is 0 Å². The molecular formula is C13H25N3. The van der Waals surface area contributed by atoms with Gasteiger partial charge in [-0.15, -0.1) is 0 Å². The summed E-state index contributed by atoms with van der Waals surface area (Å²) in [6.07, 6.45) is 7.61. The maximum atomic E-state index is 4.21. The Bertz CT molecular complexity index is 302. The van der Waals surface area contributed by atoms with Gasteiger partial charge in [-0.1, -0.05) is 20.8 Å². The van der Waals surface area contributed by atoms with Crippen LogP contribution in [0, 0.1) is 5.41 Å². The van der Waals surface area contributed by atoms with Crippen molar-refractivity contribution in [2.75, 3.05) is 13.1 Å². The zero-order chi connectivity index (χ0) is 12.0. The van der Waals surface area contributed by atoms with Crippen molar-refractivity contribution in [1.29, 1.82) is 0 Å². The molecule has 1 N–H and O–H groups in total. The molecule has 0 radical (unpaired) electrons. The molecule has 1 heterocycles. The summed E-state index contributed by atoms with van der Waals surface area (Å²) in [5.41, 5.74) is 1.69. The second kappa shape index (κ2) is 6.04. The molecule has 92 valence electrons. The molecule has 1 rings (SSSR count). The molecule has 3 heteroatoms. The molecule has 1 aromatic heterocycles. The Morgan fingerprint density at radius 3 is 2.69 bits per heavy atom. The van der Waals surface area contributed by atoms with E-state index in [0.717, 1.165) is 19.5 Å². The average molecular weight is 223 g/mol. The Labute approximate surface area is 99.2 Å². The second-order valence-electron chi connectivity index (χ2n) is 5.36. The predicted octanol–water partition coefficient (Wildman–Crippen LogP) is 2.38. The maximum absolute atomic E-state index is 4.21. The number of nitrogens with one attached hydrogen (secondary N) is 1. The summed E-state index contributed by atoms with van der Waals surface area (Å²) in [6, 6.07) is 0. The molecule has 0 aromatic carbocycles. The Kier molecular flexibility index (Phi) is 5.00. The second-order valence-corrected chi connectivity index (χ2v) is 5.36. The first-order valence-corrected chi connectivity index (χ1v) is 6.22. The van der Waals surface area contributed by atoms with E-state index in [1.807, 2.05) is 17.9 Å². The largest absolute Gasteiger partial charge is 0.317 e. The van der Waals surface area contributed by atoms with Crippen molar-refractivity contribution in [2.45, 2.75) is 40.0 Å². The van der Waals surface area contributed by atoms with Gasteiger partial charge in [-0.05, 0) is 43.3 Å². The lowest BCUT2D eigenvalue weighted by Crippen LogP contribution is -2.24. The monoisotopic (exact) mass is 223 g/mol. The first kappa shape index (κ1) is 13.2. The smallest absolute Gasteiger partial charge is 0.0521 e. The Morgan fingerprint density at radius 2 is 2.12 bits per heavy atom. The highest BCUT2D eigenvalue weighted by Crippen LogP contribution is 2.25. The highest BCUT2D eigenvalue weighted by molar-refractivity contribution is 5.06. The van der Waals surface area contributed by atoms with Crippen LogP contribution in [0.25, 0.3) is 0 Å². The van der Waals surface area contributed by atoms with E-state index in [1.165, 1.54) is 18.4 Å². The summed E-state index contributed by atoms with van der Waals surface area (Å²) in [5.74, 6) is 0. The van der Waals surface area contributed by atoms with Crippen LogP contribution in [0.4, 0.5) is 0 Å². The molecule has 0 amide bonds. The van der Waals surface area contributed by atoms with Crippen LogP contribution in [-0.4, -0.2) is 22.9 Å². The molecule has 16 heavy (non-hydrogen) atoms. The maximum Gasteiger partial charge on any atom is 0.0521 e. The van der Waals surface area contributed by atoms with Crippen LogP contribution >= 0.6 is 0 Å². The number of aromatic nitrogens is 2. The zero-order valence-corrected chi connectivity index (χ0v) is 11.1. The Hall–Kier alpha value is -0.830. The highest BCUT2D eigenvalue weighted by Gasteiger charge is 2.18. The lowest BCUT2D eigenvalue weighted by Gasteiger charge is -2.24. The molecule has 0 aliphatic carbocycles. The molecule has 0 saturated heterocycles. The molecule has 1 aromatic rings. The van der Waals surface area contributed by atoms with Crippen LogP contribution in [0.15, 0.2) is 12.4 Å². The highest BCUT2D eigenvalue weighted by atomic mass is 15.2. The molecular weight excluding hydrogens is 198 g/mol. The third-order valence-electron chi connectivity index (χ3n) is 2.85. The van der Waals surface area contributed by atoms with Gasteiger partial charge < -0.3 is 5.32 Å². The van der Waals surface area contributed by atoms with Crippen molar-refractivity contribution in [1.82, 2.24) is 15.1 Å². The fourth-order valence-electron chi connectivity index (χ4n) is 1.93. The van der Waals surface area contributed by atoms with Gasteiger partial charge in [0.25, 0.3) is 0 Å². The van der Waals surface area contributed by atoms with Crippen molar-refractivity contribution < 1.29 is 0 Å². The topological polar surface area (TPSA) is 29.9 Å². The first-order valence-electron chi connectivity index (χ1n) is 6.22. The molecule has 0 fully saturated rings. The molecule has 0 aliphatic heterocycles. The van der Waals surface area contributed by atoms with E-state index in [0.29, 0.717) is 5.41 Å². The summed E-state index contributed by atoms with van der Waals surface area (Å²) >= 11 is 0. The van der Waals surface area contributed by atoms with Gasteiger partial charge in [0.2, 0.25) is 0 Å². The molecule has 0 atom stereocenters. The summed E-state index contributed by atoms with van der Waals surface area (Å²) in [7, 11) is 1.97. The minimum atomic E-state index is 0.351. The molecule has 0 spiro atoms. The van der Waals surface area contributed by atoms with Gasteiger partial charge in [0.15, 0.2) is 0 Å². The molecule has 3 nitrogen and oxygen atoms in total. The zero-order valence-electron chi connectivity index (χ0n) is 11.1. The van der Waals surface area contributed by atoms with E-state index in [9.17, 15) is 0 Å². The van der Waals surface area contributed by atoms with Crippen molar-refractivity contribution >= 4 is 0 Å². The van der Waals surface area contributed by atoms with Gasteiger partial charge >= 0.3 is 0 Å². The van der Waals surface area contributed by atoms with Crippen LogP contribution in [0.2, 0.25) is 0 Å². The Balaban J connectivity index is 2.33. The minimum Gasteiger partial charge on any atom is -0.317 e. The quantitative estimate of drug-likeness (QED) is 0.719. The third-order valence-corrected chi connectivity index (χ3v) is 2.85. The summed E-state index contributed by atoms with van der Waals surface area (Å²) < 4.78 is 1.88. The lowest BCUT2D eigenvalue weighted by molar-refractivity contribution is 0.325. The van der Waals surface area contributed by atoms with Gasteiger partial charge in [-0.3, -0.25) is 4.68 Å². The van der Waals surface area contributed by atoms with E-state index < -0.39 is 0 Å². The normalized spacial score (nSPS) is 12.0. The van der Waals surface area contributed by atoms with Crippen LogP contribution in [0.1, 0.15) is 39.2 Å². The van der Waals surface area contributed by atoms with E-state index in [-0.39, 0.29) is 0 Å². The minimum absolute atomic E-state index is 0.351. The van der Waals surface area contributed by atoms with Gasteiger partial charge in [-0.2, -0.15) is 5.10 Å². The fraction of sp³-hybridized carbons (Fsp3) is 0.769. The molecule has 0 bridgehead atoms. The fourth-order valence-corrected chi connectivity index (χ4v) is 1.93. The SMILES string of the molecule is CCCNCCC(C)(C)Cc1cnn(C)c1. The standard InChI is InChI=1S/C13H25N3/c1-5-7-14-8-6-13(2,3)9-12-10-15-16(4)11-12/h10-11,14H,5-9H2,1-4H3. The van der Waals surface area contributed by atoms with Crippen LogP contribution in [-0.2, 0) is 13.5 Å². The predicted molar refractivity (Wildman–Crippen MR) is 68.5 cm³/mol. The van der Waals surface area contributed by atoms with Crippen molar-refractivity contribution in [3.8, 4) is 0 Å². The van der Waals surface area contributed by atoms with Crippen LogP contribution in [0.5, 0.6) is 0 Å². The van der Waals surface area contributed by atoms with E-state index in [2.05, 4.69) is 37.4 Å². The molecule has 0 aliphatic rings. The van der Waals surface area contributed by atoms with E-state index in [1.54, 1.807) is 0 Å². The first-order chi connectivity index (χ1) is 7.53. The van der Waals surface area contributed by atoms with Gasteiger partial charge in [0, 0.05) is 13.2 Å². The number of hydrogen-bond acceptors (Lipinski definition) is 2. The average Bonchev–Trinajstić information content (AvgIpc) is 2.58. The Morgan fingerprint density at radius 1 is 1.38 bits per heavy atom. The van der Waals surface area contributed by atoms with Gasteiger partial charge in [0.1, 0.15) is 0 Å². The van der Waals surface area contributed by atoms with Crippen molar-refractivity contribution in [3.05, 3.63) is 18.0 Å². The van der Waals surface area contributed by atoms with Gasteiger partial charge in [0.05, 0.1) is 6.20 Å². The van der Waals surface area contributed by atoms with Crippen LogP contribution in [0.3, 0.4) is 0 Å². The third kappa shape index (κ3) is 4.79. The van der Waals surface area contributed by atoms with Crippen molar-refractivity contribution in [2.24, 2.45) is 12.5 Å². The number of nitrogens with zero attached hydrogens (tertiary/aromatic N) is 2. The van der Waals surface area contributed by atoms with Crippen LogP contribution < -0.4 is 5.32 Å². The molecule has 0 unspecified atom stereocenters. The number of rotatable bonds is 7. The summed E-state index contributed by atoms with van der Waals surface area (Å²) in [4.78, 5) is 0. The van der Waals surface area contributed by atoms with Crippen molar-refractivity contribution in [3.63, 3.8) is 0 Å². The lowest BCUT2D eigenvalue weighted by atomic mass is 9.83. The van der Waals surface area contributed by atoms with Gasteiger partial charge in [-0.25, -0.2) is 0 Å². The number of hydrogen-bond donors (Lipinski definition) is 1. The summed E-state index contributed by atoms with van der Waals surface area (Å²) in [6.45, 7) is 9.10. The number of aryl methyl sites for hydroxylation is 1. The molecule has 0 saturated carbocycles.